The molecule has 0 aromatic heterocycles. The Kier molecular flexibility index (Phi) is 6.24. The predicted octanol–water partition coefficient (Wildman–Crippen LogP) is 4.24. The zero-order chi connectivity index (χ0) is 18.9. The molecular formula is C18H33ClN2O3. The number of likely N-dealkylation sites (N-methyl/N-ethyl adjacent to an activating group) is 1. The molecular weight excluding hydrogens is 328 g/mol. The lowest BCUT2D eigenvalue weighted by molar-refractivity contribution is -0.133. The fourth-order valence-corrected chi connectivity index (χ4v) is 3.60. The first-order valence-electron chi connectivity index (χ1n) is 8.61. The average molecular weight is 361 g/mol. The number of carbonyl (C=O) groups is 2. The first kappa shape index (κ1) is 21.1. The summed E-state index contributed by atoms with van der Waals surface area (Å²) in [5, 5.41) is 0. The van der Waals surface area contributed by atoms with Gasteiger partial charge >= 0.3 is 6.09 Å². The van der Waals surface area contributed by atoms with Crippen molar-refractivity contribution in [3.63, 3.8) is 0 Å². The predicted molar refractivity (Wildman–Crippen MR) is 97.1 cm³/mol. The van der Waals surface area contributed by atoms with E-state index in [9.17, 15) is 9.59 Å². The molecule has 1 heterocycles. The van der Waals surface area contributed by atoms with Crippen LogP contribution >= 0.6 is 11.6 Å². The van der Waals surface area contributed by atoms with Gasteiger partial charge in [0.1, 0.15) is 17.3 Å². The molecule has 6 heteroatoms. The number of alkyl halides is 1. The van der Waals surface area contributed by atoms with Crippen molar-refractivity contribution < 1.29 is 14.3 Å². The lowest BCUT2D eigenvalue weighted by Gasteiger charge is -2.42. The third-order valence-electron chi connectivity index (χ3n) is 4.34. The molecule has 2 unspecified atom stereocenters. The Morgan fingerprint density at radius 3 is 2.17 bits per heavy atom. The highest BCUT2D eigenvalue weighted by atomic mass is 35.5. The molecule has 0 aromatic carbocycles. The van der Waals surface area contributed by atoms with Crippen molar-refractivity contribution in [1.29, 1.82) is 0 Å². The second-order valence-electron chi connectivity index (χ2n) is 8.93. The van der Waals surface area contributed by atoms with Crippen molar-refractivity contribution in [1.82, 2.24) is 9.80 Å². The summed E-state index contributed by atoms with van der Waals surface area (Å²) in [6, 6.07) is 0. The van der Waals surface area contributed by atoms with E-state index in [-0.39, 0.29) is 17.5 Å². The van der Waals surface area contributed by atoms with Crippen LogP contribution < -0.4 is 0 Å². The highest BCUT2D eigenvalue weighted by molar-refractivity contribution is 6.17. The molecule has 24 heavy (non-hydrogen) atoms. The Morgan fingerprint density at radius 2 is 1.75 bits per heavy atom. The summed E-state index contributed by atoms with van der Waals surface area (Å²) in [6.07, 6.45) is 1.40. The molecule has 1 fully saturated rings. The number of rotatable bonds is 4. The lowest BCUT2D eigenvalue weighted by atomic mass is 9.89. The minimum absolute atomic E-state index is 0.0390. The van der Waals surface area contributed by atoms with Crippen LogP contribution in [-0.2, 0) is 9.53 Å². The van der Waals surface area contributed by atoms with E-state index in [1.54, 1.807) is 16.8 Å². The molecule has 5 nitrogen and oxygen atoms in total. The zero-order valence-corrected chi connectivity index (χ0v) is 17.2. The molecule has 2 atom stereocenters. The summed E-state index contributed by atoms with van der Waals surface area (Å²) < 4.78 is 5.63. The van der Waals surface area contributed by atoms with Crippen LogP contribution in [0.4, 0.5) is 4.79 Å². The van der Waals surface area contributed by atoms with Crippen LogP contribution in [0.2, 0.25) is 0 Å². The van der Waals surface area contributed by atoms with Crippen molar-refractivity contribution in [2.24, 2.45) is 5.41 Å². The largest absolute Gasteiger partial charge is 0.444 e. The fourth-order valence-electron chi connectivity index (χ4n) is 3.41. The van der Waals surface area contributed by atoms with Crippen LogP contribution in [0, 0.1) is 5.41 Å². The van der Waals surface area contributed by atoms with Crippen LogP contribution in [0.5, 0.6) is 0 Å². The van der Waals surface area contributed by atoms with Crippen molar-refractivity contribution in [3.8, 4) is 0 Å². The molecule has 0 aromatic rings. The summed E-state index contributed by atoms with van der Waals surface area (Å²) in [5.41, 5.74) is -1.80. The second-order valence-corrected chi connectivity index (χ2v) is 9.30. The molecule has 0 spiro atoms. The Hall–Kier alpha value is -0.970. The number of ether oxygens (including phenoxy) is 1. The number of amides is 2. The number of halogens is 1. The van der Waals surface area contributed by atoms with Gasteiger partial charge in [-0.3, -0.25) is 9.69 Å². The maximum absolute atomic E-state index is 13.0. The second kappa shape index (κ2) is 7.11. The van der Waals surface area contributed by atoms with Crippen molar-refractivity contribution >= 4 is 23.6 Å². The summed E-state index contributed by atoms with van der Waals surface area (Å²) >= 11 is 5.78. The van der Waals surface area contributed by atoms with Gasteiger partial charge in [0.2, 0.25) is 5.91 Å². The first-order valence-corrected chi connectivity index (χ1v) is 9.14. The number of nitrogens with zero attached hydrogens (tertiary/aromatic N) is 2. The Bertz CT molecular complexity index is 482. The number of hydrogen-bond acceptors (Lipinski definition) is 3. The van der Waals surface area contributed by atoms with Crippen molar-refractivity contribution in [2.45, 2.75) is 85.0 Å². The van der Waals surface area contributed by atoms with E-state index in [1.807, 2.05) is 48.5 Å². The Morgan fingerprint density at radius 1 is 1.21 bits per heavy atom. The van der Waals surface area contributed by atoms with E-state index in [2.05, 4.69) is 0 Å². The van der Waals surface area contributed by atoms with Gasteiger partial charge < -0.3 is 9.64 Å². The normalized spacial score (nSPS) is 25.4. The van der Waals surface area contributed by atoms with Gasteiger partial charge in [-0.15, -0.1) is 11.6 Å². The molecule has 2 amide bonds. The quantitative estimate of drug-likeness (QED) is 0.556. The Balaban J connectivity index is 3.27. The molecule has 1 aliphatic heterocycles. The molecule has 140 valence electrons. The molecule has 0 radical (unpaired) electrons. The molecule has 0 saturated carbocycles. The third kappa shape index (κ3) is 4.35. The summed E-state index contributed by atoms with van der Waals surface area (Å²) in [7, 11) is 1.77. The third-order valence-corrected chi connectivity index (χ3v) is 4.60. The fraction of sp³-hybridized carbons (Fsp3) is 0.889. The van der Waals surface area contributed by atoms with E-state index < -0.39 is 17.2 Å². The topological polar surface area (TPSA) is 49.9 Å². The van der Waals surface area contributed by atoms with Gasteiger partial charge in [0.15, 0.2) is 0 Å². The molecule has 1 aliphatic rings. The maximum atomic E-state index is 13.0. The molecule has 1 saturated heterocycles. The summed E-state index contributed by atoms with van der Waals surface area (Å²) in [6.45, 7) is 13.4. The van der Waals surface area contributed by atoms with E-state index in [0.29, 0.717) is 12.3 Å². The van der Waals surface area contributed by atoms with Crippen LogP contribution in [-0.4, -0.2) is 52.0 Å². The molecule has 1 rings (SSSR count). The van der Waals surface area contributed by atoms with Crippen molar-refractivity contribution in [2.75, 3.05) is 12.9 Å². The SMILES string of the molecule is CN1C(=O)C(C)(CCCCCl)N(C(=O)OC(C)(C)C)C1C(C)(C)C. The van der Waals surface area contributed by atoms with Crippen LogP contribution in [0.15, 0.2) is 0 Å². The smallest absolute Gasteiger partial charge is 0.412 e. The number of unbranched alkanes of at least 4 members (excludes halogenated alkanes) is 1. The van der Waals surface area contributed by atoms with Gasteiger partial charge in [-0.1, -0.05) is 20.8 Å². The average Bonchev–Trinajstić information content (AvgIpc) is 2.58. The minimum atomic E-state index is -0.902. The van der Waals surface area contributed by atoms with Gasteiger partial charge in [0.25, 0.3) is 0 Å². The Labute approximate surface area is 151 Å². The highest BCUT2D eigenvalue weighted by Gasteiger charge is 2.59. The van der Waals surface area contributed by atoms with Gasteiger partial charge in [-0.25, -0.2) is 4.79 Å². The standard InChI is InChI=1S/C18H33ClN2O3/c1-16(2,3)13-20(8)14(22)18(7,11-9-10-12-19)21(13)15(23)24-17(4,5)6/h13H,9-12H2,1-8H3. The van der Waals surface area contributed by atoms with E-state index in [4.69, 9.17) is 16.3 Å². The van der Waals surface area contributed by atoms with E-state index in [0.717, 1.165) is 12.8 Å². The summed E-state index contributed by atoms with van der Waals surface area (Å²) in [4.78, 5) is 29.3. The number of hydrogen-bond donors (Lipinski definition) is 0. The zero-order valence-electron chi connectivity index (χ0n) is 16.4. The molecule has 0 N–H and O–H groups in total. The van der Waals surface area contributed by atoms with Gasteiger partial charge in [-0.05, 0) is 47.0 Å². The van der Waals surface area contributed by atoms with Crippen molar-refractivity contribution in [3.05, 3.63) is 0 Å². The minimum Gasteiger partial charge on any atom is -0.444 e. The van der Waals surface area contributed by atoms with Gasteiger partial charge in [0.05, 0.1) is 0 Å². The van der Waals surface area contributed by atoms with Crippen LogP contribution in [0.1, 0.15) is 67.7 Å². The molecule has 0 bridgehead atoms. The monoisotopic (exact) mass is 360 g/mol. The maximum Gasteiger partial charge on any atom is 0.412 e. The van der Waals surface area contributed by atoms with E-state index in [1.165, 1.54) is 0 Å². The van der Waals surface area contributed by atoms with Crippen LogP contribution in [0.25, 0.3) is 0 Å². The van der Waals surface area contributed by atoms with Crippen LogP contribution in [0.3, 0.4) is 0 Å². The molecule has 0 aliphatic carbocycles. The van der Waals surface area contributed by atoms with E-state index >= 15 is 0 Å². The highest BCUT2D eigenvalue weighted by Crippen LogP contribution is 2.42. The summed E-state index contributed by atoms with van der Waals surface area (Å²) in [5.74, 6) is 0.512. The lowest BCUT2D eigenvalue weighted by Crippen LogP contribution is -2.56. The first-order chi connectivity index (χ1) is 10.8. The van der Waals surface area contributed by atoms with Gasteiger partial charge in [0, 0.05) is 18.3 Å². The number of carbonyl (C=O) groups excluding carboxylic acids is 2. The van der Waals surface area contributed by atoms with Gasteiger partial charge in [-0.2, -0.15) is 0 Å².